The van der Waals surface area contributed by atoms with E-state index < -0.39 is 6.10 Å². The van der Waals surface area contributed by atoms with Gasteiger partial charge in [0.15, 0.2) is 0 Å². The van der Waals surface area contributed by atoms with Crippen LogP contribution in [-0.2, 0) is 0 Å². The van der Waals surface area contributed by atoms with E-state index in [4.69, 9.17) is 16.9 Å². The number of aliphatic hydroxyl groups is 1. The third-order valence-electron chi connectivity index (χ3n) is 1.88. The second-order valence-electron chi connectivity index (χ2n) is 2.88. The molecule has 0 heterocycles. The molecule has 68 valence electrons. The van der Waals surface area contributed by atoms with Crippen LogP contribution >= 0.6 is 11.6 Å². The second kappa shape index (κ2) is 4.27. The molecule has 0 aliphatic carbocycles. The normalized spacial score (nSPS) is 12.2. The van der Waals surface area contributed by atoms with Crippen LogP contribution in [0.15, 0.2) is 18.2 Å². The molecule has 1 aromatic rings. The van der Waals surface area contributed by atoms with Crippen molar-refractivity contribution in [2.45, 2.75) is 19.4 Å². The highest BCUT2D eigenvalue weighted by atomic mass is 35.5. The fraction of sp³-hybridized carbons (Fsp3) is 0.300. The van der Waals surface area contributed by atoms with Gasteiger partial charge < -0.3 is 5.11 Å². The van der Waals surface area contributed by atoms with E-state index in [1.807, 2.05) is 13.0 Å². The van der Waals surface area contributed by atoms with Gasteiger partial charge in [0.2, 0.25) is 0 Å². The summed E-state index contributed by atoms with van der Waals surface area (Å²) in [6.07, 6.45) is -0.593. The van der Waals surface area contributed by atoms with E-state index in [1.54, 1.807) is 18.2 Å². The first-order valence-corrected chi connectivity index (χ1v) is 4.34. The van der Waals surface area contributed by atoms with Gasteiger partial charge in [-0.2, -0.15) is 5.26 Å². The third kappa shape index (κ3) is 2.45. The maximum absolute atomic E-state index is 9.53. The van der Waals surface area contributed by atoms with E-state index in [2.05, 4.69) is 0 Å². The first-order valence-electron chi connectivity index (χ1n) is 3.96. The van der Waals surface area contributed by atoms with Crippen LogP contribution in [0.4, 0.5) is 0 Å². The number of nitriles is 1. The lowest BCUT2D eigenvalue weighted by molar-refractivity contribution is 0.182. The van der Waals surface area contributed by atoms with E-state index in [1.165, 1.54) is 0 Å². The van der Waals surface area contributed by atoms with Gasteiger partial charge in [0.05, 0.1) is 18.6 Å². The lowest BCUT2D eigenvalue weighted by atomic mass is 10.0. The first kappa shape index (κ1) is 10.0. The summed E-state index contributed by atoms with van der Waals surface area (Å²) in [5.74, 6) is 0. The zero-order chi connectivity index (χ0) is 9.84. The fourth-order valence-electron chi connectivity index (χ4n) is 1.21. The highest BCUT2D eigenvalue weighted by molar-refractivity contribution is 6.30. The van der Waals surface area contributed by atoms with E-state index >= 15 is 0 Å². The number of aryl methyl sites for hydroxylation is 1. The maximum Gasteiger partial charge on any atom is 0.0922 e. The molecular formula is C10H10ClNO. The Bertz CT molecular complexity index is 343. The van der Waals surface area contributed by atoms with Crippen LogP contribution in [0.3, 0.4) is 0 Å². The van der Waals surface area contributed by atoms with Crippen LogP contribution in [0.5, 0.6) is 0 Å². The van der Waals surface area contributed by atoms with Gasteiger partial charge in [-0.15, -0.1) is 0 Å². The molecule has 2 nitrogen and oxygen atoms in total. The van der Waals surface area contributed by atoms with Crippen molar-refractivity contribution in [2.24, 2.45) is 0 Å². The smallest absolute Gasteiger partial charge is 0.0922 e. The zero-order valence-corrected chi connectivity index (χ0v) is 8.04. The number of hydrogen-bond donors (Lipinski definition) is 1. The monoisotopic (exact) mass is 195 g/mol. The predicted molar refractivity (Wildman–Crippen MR) is 51.4 cm³/mol. The van der Waals surface area contributed by atoms with Gasteiger partial charge in [-0.1, -0.05) is 17.7 Å². The summed E-state index contributed by atoms with van der Waals surface area (Å²) in [6, 6.07) is 7.16. The van der Waals surface area contributed by atoms with Crippen molar-refractivity contribution in [1.29, 1.82) is 5.26 Å². The van der Waals surface area contributed by atoms with Gasteiger partial charge in [-0.05, 0) is 30.2 Å². The van der Waals surface area contributed by atoms with Gasteiger partial charge >= 0.3 is 0 Å². The van der Waals surface area contributed by atoms with E-state index in [0.717, 1.165) is 11.1 Å². The average Bonchev–Trinajstić information content (AvgIpc) is 2.04. The minimum atomic E-state index is -0.706. The van der Waals surface area contributed by atoms with E-state index in [0.29, 0.717) is 5.02 Å². The zero-order valence-electron chi connectivity index (χ0n) is 7.29. The standard InChI is InChI=1S/C10H10ClNO/c1-7-6-8(11)2-3-9(7)10(13)4-5-12/h2-3,6,10,13H,4H2,1H3. The van der Waals surface area contributed by atoms with Gasteiger partial charge in [0, 0.05) is 5.02 Å². The van der Waals surface area contributed by atoms with Crippen molar-refractivity contribution in [1.82, 2.24) is 0 Å². The Balaban J connectivity index is 2.96. The first-order chi connectivity index (χ1) is 6.15. The van der Waals surface area contributed by atoms with E-state index in [-0.39, 0.29) is 6.42 Å². The molecule has 1 unspecified atom stereocenters. The molecule has 0 radical (unpaired) electrons. The summed E-state index contributed by atoms with van der Waals surface area (Å²) in [7, 11) is 0. The third-order valence-corrected chi connectivity index (χ3v) is 2.11. The van der Waals surface area contributed by atoms with Gasteiger partial charge in [-0.25, -0.2) is 0 Å². The molecule has 0 aromatic heterocycles. The minimum Gasteiger partial charge on any atom is -0.387 e. The Labute approximate surface area is 82.4 Å². The fourth-order valence-corrected chi connectivity index (χ4v) is 1.44. The van der Waals surface area contributed by atoms with Gasteiger partial charge in [-0.3, -0.25) is 0 Å². The summed E-state index contributed by atoms with van der Waals surface area (Å²) in [5, 5.41) is 18.6. The highest BCUT2D eigenvalue weighted by Gasteiger charge is 2.09. The number of nitrogens with zero attached hydrogens (tertiary/aromatic N) is 1. The second-order valence-corrected chi connectivity index (χ2v) is 3.32. The summed E-state index contributed by atoms with van der Waals surface area (Å²) in [4.78, 5) is 0. The molecule has 0 saturated heterocycles. The minimum absolute atomic E-state index is 0.114. The molecule has 0 amide bonds. The Hall–Kier alpha value is -1.04. The number of rotatable bonds is 2. The van der Waals surface area contributed by atoms with Gasteiger partial charge in [0.1, 0.15) is 0 Å². The molecule has 3 heteroatoms. The largest absolute Gasteiger partial charge is 0.387 e. The molecule has 0 spiro atoms. The summed E-state index contributed by atoms with van der Waals surface area (Å²) >= 11 is 5.75. The average molecular weight is 196 g/mol. The highest BCUT2D eigenvalue weighted by Crippen LogP contribution is 2.22. The van der Waals surface area contributed by atoms with Crippen LogP contribution in [0, 0.1) is 18.3 Å². The molecule has 0 aliphatic rings. The van der Waals surface area contributed by atoms with Crippen LogP contribution in [-0.4, -0.2) is 5.11 Å². The molecule has 0 saturated carbocycles. The molecule has 0 aliphatic heterocycles. The van der Waals surface area contributed by atoms with Crippen molar-refractivity contribution in [3.63, 3.8) is 0 Å². The van der Waals surface area contributed by atoms with Crippen LogP contribution in [0.1, 0.15) is 23.7 Å². The van der Waals surface area contributed by atoms with Gasteiger partial charge in [0.25, 0.3) is 0 Å². The topological polar surface area (TPSA) is 44.0 Å². The van der Waals surface area contributed by atoms with Crippen molar-refractivity contribution in [3.8, 4) is 6.07 Å². The quantitative estimate of drug-likeness (QED) is 0.789. The van der Waals surface area contributed by atoms with Crippen molar-refractivity contribution in [3.05, 3.63) is 34.3 Å². The number of benzene rings is 1. The Morgan fingerprint density at radius 3 is 2.85 bits per heavy atom. The predicted octanol–water partition coefficient (Wildman–Crippen LogP) is 2.60. The van der Waals surface area contributed by atoms with Crippen molar-refractivity contribution >= 4 is 11.6 Å². The molecule has 1 N–H and O–H groups in total. The maximum atomic E-state index is 9.53. The molecule has 0 bridgehead atoms. The molecule has 1 atom stereocenters. The van der Waals surface area contributed by atoms with E-state index in [9.17, 15) is 5.11 Å². The lowest BCUT2D eigenvalue weighted by Gasteiger charge is -2.10. The molecule has 13 heavy (non-hydrogen) atoms. The summed E-state index contributed by atoms with van der Waals surface area (Å²) in [5.41, 5.74) is 1.68. The van der Waals surface area contributed by atoms with Crippen molar-refractivity contribution < 1.29 is 5.11 Å². The molecule has 1 rings (SSSR count). The van der Waals surface area contributed by atoms with Crippen molar-refractivity contribution in [2.75, 3.05) is 0 Å². The van der Waals surface area contributed by atoms with Crippen LogP contribution < -0.4 is 0 Å². The van der Waals surface area contributed by atoms with Crippen LogP contribution in [0.2, 0.25) is 5.02 Å². The molecule has 1 aromatic carbocycles. The number of hydrogen-bond acceptors (Lipinski definition) is 2. The SMILES string of the molecule is Cc1cc(Cl)ccc1C(O)CC#N. The Morgan fingerprint density at radius 2 is 2.31 bits per heavy atom. The number of halogens is 1. The Morgan fingerprint density at radius 1 is 1.62 bits per heavy atom. The van der Waals surface area contributed by atoms with Crippen LogP contribution in [0.25, 0.3) is 0 Å². The number of aliphatic hydroxyl groups excluding tert-OH is 1. The summed E-state index contributed by atoms with van der Waals surface area (Å²) in [6.45, 7) is 1.86. The summed E-state index contributed by atoms with van der Waals surface area (Å²) < 4.78 is 0. The molecule has 0 fully saturated rings. The lowest BCUT2D eigenvalue weighted by Crippen LogP contribution is -1.98. The Kier molecular flexibility index (Phi) is 3.30. The molecular weight excluding hydrogens is 186 g/mol.